The van der Waals surface area contributed by atoms with Gasteiger partial charge in [-0.2, -0.15) is 0 Å². The number of aryl methyl sites for hydroxylation is 1. The van der Waals surface area contributed by atoms with Gasteiger partial charge < -0.3 is 0 Å². The third-order valence-corrected chi connectivity index (χ3v) is 2.40. The number of nitrogens with zero attached hydrogens (tertiary/aromatic N) is 3. The van der Waals surface area contributed by atoms with Crippen molar-refractivity contribution in [1.29, 1.82) is 0 Å². The van der Waals surface area contributed by atoms with Crippen molar-refractivity contribution >= 4 is 0 Å². The van der Waals surface area contributed by atoms with Gasteiger partial charge in [-0.3, -0.25) is 0 Å². The Labute approximate surface area is 92.9 Å². The molecular formula is C12H23N3. The van der Waals surface area contributed by atoms with Crippen molar-refractivity contribution < 1.29 is 0 Å². The lowest BCUT2D eigenvalue weighted by Gasteiger charge is -2.17. The molecule has 3 heteroatoms. The van der Waals surface area contributed by atoms with E-state index in [1.54, 1.807) is 0 Å². The van der Waals surface area contributed by atoms with Crippen LogP contribution in [0.25, 0.3) is 0 Å². The average molecular weight is 209 g/mol. The van der Waals surface area contributed by atoms with Crippen LogP contribution >= 0.6 is 0 Å². The molecule has 0 N–H and O–H groups in total. The van der Waals surface area contributed by atoms with Crippen LogP contribution in [0.4, 0.5) is 0 Å². The molecule has 0 aromatic carbocycles. The van der Waals surface area contributed by atoms with Crippen LogP contribution < -0.4 is 0 Å². The molecule has 0 atom stereocenters. The van der Waals surface area contributed by atoms with Gasteiger partial charge in [-0.15, -0.1) is 5.10 Å². The summed E-state index contributed by atoms with van der Waals surface area (Å²) in [7, 11) is 0. The predicted molar refractivity (Wildman–Crippen MR) is 62.9 cm³/mol. The van der Waals surface area contributed by atoms with Gasteiger partial charge in [-0.05, 0) is 25.2 Å². The van der Waals surface area contributed by atoms with Gasteiger partial charge in [0.2, 0.25) is 0 Å². The van der Waals surface area contributed by atoms with Gasteiger partial charge in [0.15, 0.2) is 0 Å². The minimum atomic E-state index is 0.289. The second-order valence-corrected chi connectivity index (χ2v) is 5.29. The molecule has 0 unspecified atom stereocenters. The molecule has 0 aliphatic carbocycles. The molecule has 1 aromatic heterocycles. The van der Waals surface area contributed by atoms with Crippen LogP contribution in [-0.2, 0) is 19.4 Å². The Bertz CT molecular complexity index is 307. The van der Waals surface area contributed by atoms with E-state index < -0.39 is 0 Å². The molecule has 3 nitrogen and oxygen atoms in total. The van der Waals surface area contributed by atoms with E-state index in [9.17, 15) is 0 Å². The molecule has 0 aliphatic rings. The van der Waals surface area contributed by atoms with E-state index in [2.05, 4.69) is 44.9 Å². The lowest BCUT2D eigenvalue weighted by atomic mass is 9.89. The van der Waals surface area contributed by atoms with Gasteiger partial charge >= 0.3 is 0 Å². The molecule has 0 saturated carbocycles. The summed E-state index contributed by atoms with van der Waals surface area (Å²) in [4.78, 5) is 0. The molecule has 1 aromatic rings. The van der Waals surface area contributed by atoms with Gasteiger partial charge in [-0.25, -0.2) is 4.68 Å². The Kier molecular flexibility index (Phi) is 3.89. The van der Waals surface area contributed by atoms with Gasteiger partial charge in [0.05, 0.1) is 11.4 Å². The Morgan fingerprint density at radius 2 is 1.87 bits per heavy atom. The van der Waals surface area contributed by atoms with Crippen LogP contribution in [0.3, 0.4) is 0 Å². The monoisotopic (exact) mass is 209 g/mol. The highest BCUT2D eigenvalue weighted by Crippen LogP contribution is 2.22. The molecule has 0 radical (unpaired) electrons. The van der Waals surface area contributed by atoms with Crippen LogP contribution in [0, 0.1) is 5.41 Å². The van der Waals surface area contributed by atoms with Crippen molar-refractivity contribution in [3.63, 3.8) is 0 Å². The van der Waals surface area contributed by atoms with Crippen LogP contribution in [0.5, 0.6) is 0 Å². The zero-order valence-electron chi connectivity index (χ0n) is 10.7. The lowest BCUT2D eigenvalue weighted by Crippen LogP contribution is -2.12. The maximum Gasteiger partial charge on any atom is 0.0864 e. The van der Waals surface area contributed by atoms with Crippen molar-refractivity contribution in [3.8, 4) is 0 Å². The predicted octanol–water partition coefficient (Wildman–Crippen LogP) is 2.84. The molecular weight excluding hydrogens is 186 g/mol. The highest BCUT2D eigenvalue weighted by Gasteiger charge is 2.18. The third-order valence-electron chi connectivity index (χ3n) is 2.40. The SMILES string of the molecule is CCCc1c(CC(C)(C)C)nnn1CC. The molecule has 1 heterocycles. The average Bonchev–Trinajstić information content (AvgIpc) is 2.47. The highest BCUT2D eigenvalue weighted by atomic mass is 15.4. The maximum absolute atomic E-state index is 4.30. The summed E-state index contributed by atoms with van der Waals surface area (Å²) in [6.07, 6.45) is 3.26. The third kappa shape index (κ3) is 3.33. The molecule has 0 fully saturated rings. The van der Waals surface area contributed by atoms with Crippen molar-refractivity contribution in [1.82, 2.24) is 15.0 Å². The molecule has 86 valence electrons. The Morgan fingerprint density at radius 1 is 1.20 bits per heavy atom. The van der Waals surface area contributed by atoms with Crippen LogP contribution in [0.1, 0.15) is 52.4 Å². The largest absolute Gasteiger partial charge is 0.249 e. The second kappa shape index (κ2) is 4.77. The molecule has 0 saturated heterocycles. The van der Waals surface area contributed by atoms with Crippen LogP contribution in [-0.4, -0.2) is 15.0 Å². The molecule has 0 spiro atoms. The Balaban J connectivity index is 2.91. The zero-order chi connectivity index (χ0) is 11.5. The summed E-state index contributed by atoms with van der Waals surface area (Å²) in [5.41, 5.74) is 2.80. The first kappa shape index (κ1) is 12.2. The topological polar surface area (TPSA) is 30.7 Å². The van der Waals surface area contributed by atoms with Gasteiger partial charge in [-0.1, -0.05) is 39.3 Å². The summed E-state index contributed by atoms with van der Waals surface area (Å²) >= 11 is 0. The summed E-state index contributed by atoms with van der Waals surface area (Å²) in [5.74, 6) is 0. The first-order valence-corrected chi connectivity index (χ1v) is 5.89. The van der Waals surface area contributed by atoms with Gasteiger partial charge in [0.25, 0.3) is 0 Å². The van der Waals surface area contributed by atoms with E-state index in [1.807, 2.05) is 4.68 Å². The van der Waals surface area contributed by atoms with E-state index in [4.69, 9.17) is 0 Å². The first-order valence-electron chi connectivity index (χ1n) is 5.89. The van der Waals surface area contributed by atoms with Crippen molar-refractivity contribution in [2.24, 2.45) is 5.41 Å². The van der Waals surface area contributed by atoms with Crippen molar-refractivity contribution in [2.45, 2.75) is 60.4 Å². The van der Waals surface area contributed by atoms with E-state index in [0.717, 1.165) is 25.8 Å². The van der Waals surface area contributed by atoms with Crippen LogP contribution in [0.15, 0.2) is 0 Å². The first-order chi connectivity index (χ1) is 6.98. The normalized spacial score (nSPS) is 12.1. The summed E-state index contributed by atoms with van der Waals surface area (Å²) < 4.78 is 2.03. The van der Waals surface area contributed by atoms with Crippen molar-refractivity contribution in [2.75, 3.05) is 0 Å². The molecule has 0 bridgehead atoms. The summed E-state index contributed by atoms with van der Waals surface area (Å²) in [6.45, 7) is 12.0. The standard InChI is InChI=1S/C12H23N3/c1-6-8-11-10(9-12(3,4)5)13-14-15(11)7-2/h6-9H2,1-5H3. The smallest absolute Gasteiger partial charge is 0.0864 e. The molecule has 15 heavy (non-hydrogen) atoms. The van der Waals surface area contributed by atoms with Gasteiger partial charge in [0, 0.05) is 6.54 Å². The fraction of sp³-hybridized carbons (Fsp3) is 0.833. The number of aromatic nitrogens is 3. The highest BCUT2D eigenvalue weighted by molar-refractivity contribution is 5.12. The number of hydrogen-bond donors (Lipinski definition) is 0. The summed E-state index contributed by atoms with van der Waals surface area (Å²) in [6, 6.07) is 0. The number of rotatable bonds is 4. The van der Waals surface area contributed by atoms with Crippen molar-refractivity contribution in [3.05, 3.63) is 11.4 Å². The lowest BCUT2D eigenvalue weighted by molar-refractivity contribution is 0.404. The second-order valence-electron chi connectivity index (χ2n) is 5.29. The van der Waals surface area contributed by atoms with E-state index in [0.29, 0.717) is 0 Å². The molecule has 0 aliphatic heterocycles. The fourth-order valence-electron chi connectivity index (χ4n) is 1.77. The fourth-order valence-corrected chi connectivity index (χ4v) is 1.77. The van der Waals surface area contributed by atoms with Crippen LogP contribution in [0.2, 0.25) is 0 Å². The zero-order valence-corrected chi connectivity index (χ0v) is 10.7. The minimum absolute atomic E-state index is 0.289. The maximum atomic E-state index is 4.30. The quantitative estimate of drug-likeness (QED) is 0.763. The van der Waals surface area contributed by atoms with Gasteiger partial charge in [0.1, 0.15) is 0 Å². The summed E-state index contributed by atoms with van der Waals surface area (Å²) in [5, 5.41) is 8.51. The number of hydrogen-bond acceptors (Lipinski definition) is 2. The molecule has 0 amide bonds. The van der Waals surface area contributed by atoms with E-state index in [-0.39, 0.29) is 5.41 Å². The Morgan fingerprint density at radius 3 is 2.33 bits per heavy atom. The van der Waals surface area contributed by atoms with E-state index >= 15 is 0 Å². The molecule has 1 rings (SSSR count). The van der Waals surface area contributed by atoms with E-state index in [1.165, 1.54) is 11.4 Å². The Hall–Kier alpha value is -0.860. The minimum Gasteiger partial charge on any atom is -0.249 e.